The number of aryl methyl sites for hydroxylation is 1. The molecule has 0 unspecified atom stereocenters. The predicted molar refractivity (Wildman–Crippen MR) is 192 cm³/mol. The predicted octanol–water partition coefficient (Wildman–Crippen LogP) is 4.24. The van der Waals surface area contributed by atoms with E-state index in [-0.39, 0.29) is 23.6 Å². The molecular weight excluding hydrogens is 623 g/mol. The van der Waals surface area contributed by atoms with E-state index >= 15 is 0 Å². The molecule has 2 aliphatic heterocycles. The summed E-state index contributed by atoms with van der Waals surface area (Å²) >= 11 is 0. The second-order valence-electron chi connectivity index (χ2n) is 14.9. The zero-order chi connectivity index (χ0) is 36.3. The van der Waals surface area contributed by atoms with Crippen LogP contribution in [0.25, 0.3) is 11.3 Å². The van der Waals surface area contributed by atoms with E-state index in [1.165, 1.54) is 0 Å². The number of carbonyl (C=O) groups excluding carboxylic acids is 3. The first-order valence-corrected chi connectivity index (χ1v) is 17.8. The standard InChI is InChI=1S/C36H57BN6O6/c1-10-29-36(7)32(43(34(46)49-36)17-12-11-16-42-21-28(39-40-42)26-14-13-15-27(38)18-26)25(5)41(8)20-22(2)19-35(6,47-9)31(37)23(3)30(44)24(4)33(45)48-29/h13-15,18,21-25,29,31-32H,10-12,16-17,19-20,37-38H2,1-9H3/t22-,23+,24-,25-,29-,31-,32-,35-,36-/m1/s1. The summed E-state index contributed by atoms with van der Waals surface area (Å²) in [4.78, 5) is 45.0. The van der Waals surface area contributed by atoms with Crippen molar-refractivity contribution in [1.82, 2.24) is 24.8 Å². The Bertz CT molecular complexity index is 1470. The van der Waals surface area contributed by atoms with Crippen LogP contribution in [0.5, 0.6) is 0 Å². The van der Waals surface area contributed by atoms with E-state index in [0.29, 0.717) is 31.6 Å². The number of carbonyl (C=O) groups is 3. The van der Waals surface area contributed by atoms with Gasteiger partial charge >= 0.3 is 12.1 Å². The number of amides is 1. The van der Waals surface area contributed by atoms with E-state index in [9.17, 15) is 14.4 Å². The van der Waals surface area contributed by atoms with E-state index in [0.717, 1.165) is 30.6 Å². The van der Waals surface area contributed by atoms with Gasteiger partial charge in [0.2, 0.25) is 0 Å². The Kier molecular flexibility index (Phi) is 12.2. The van der Waals surface area contributed by atoms with Crippen molar-refractivity contribution in [3.63, 3.8) is 0 Å². The third-order valence-corrected chi connectivity index (χ3v) is 11.4. The number of Topliss-reactive ketones (excluding diaryl/α,β-unsaturated/α-hetero) is 1. The Morgan fingerprint density at radius 2 is 1.80 bits per heavy atom. The number of nitrogens with zero attached hydrogens (tertiary/aromatic N) is 5. The molecule has 0 saturated carbocycles. The van der Waals surface area contributed by atoms with Gasteiger partial charge in [-0.25, -0.2) is 4.79 Å². The quantitative estimate of drug-likeness (QED) is 0.142. The summed E-state index contributed by atoms with van der Waals surface area (Å²) in [6.45, 7) is 15.4. The van der Waals surface area contributed by atoms with Gasteiger partial charge in [-0.2, -0.15) is 0 Å². The molecule has 49 heavy (non-hydrogen) atoms. The average molecular weight is 681 g/mol. The number of ether oxygens (including phenoxy) is 3. The minimum atomic E-state index is -1.14. The first-order chi connectivity index (χ1) is 23.1. The number of hydrogen-bond acceptors (Lipinski definition) is 10. The normalized spacial score (nSPS) is 33.8. The lowest BCUT2D eigenvalue weighted by atomic mass is 9.62. The highest BCUT2D eigenvalue weighted by Crippen LogP contribution is 2.41. The highest BCUT2D eigenvalue weighted by atomic mass is 16.6. The van der Waals surface area contributed by atoms with Crippen molar-refractivity contribution in [2.45, 2.75) is 116 Å². The molecule has 270 valence electrons. The molecule has 1 amide bonds. The summed E-state index contributed by atoms with van der Waals surface area (Å²) in [7, 11) is 5.79. The molecule has 2 aliphatic rings. The van der Waals surface area contributed by atoms with Gasteiger partial charge in [-0.15, -0.1) is 5.10 Å². The minimum Gasteiger partial charge on any atom is -0.458 e. The number of methoxy groups -OCH3 is 1. The fraction of sp³-hybridized carbons (Fsp3) is 0.694. The number of anilines is 1. The summed E-state index contributed by atoms with van der Waals surface area (Å²) in [5, 5.41) is 8.59. The van der Waals surface area contributed by atoms with E-state index in [1.54, 1.807) is 23.6 Å². The van der Waals surface area contributed by atoms with Crippen LogP contribution in [-0.4, -0.2) is 107 Å². The molecule has 12 nitrogen and oxygen atoms in total. The molecule has 1 aromatic heterocycles. The molecule has 0 aliphatic carbocycles. The van der Waals surface area contributed by atoms with Gasteiger partial charge in [0.1, 0.15) is 31.3 Å². The SMILES string of the molecule is B[C@@H]1[C@@H](C)C(=O)[C@@H](C)C(=O)O[C@H](CC)[C@@]2(C)OC(=O)N(CCCCn3cc(-c4cccc(N)c4)nn3)[C@@H]2[C@@H](C)N(C)C[C@H](C)C[C@@]1(C)OC. The molecule has 2 saturated heterocycles. The minimum absolute atomic E-state index is 0.132. The van der Waals surface area contributed by atoms with Gasteiger partial charge in [-0.1, -0.05) is 38.1 Å². The van der Waals surface area contributed by atoms with Crippen molar-refractivity contribution in [3.8, 4) is 11.3 Å². The molecule has 13 heteroatoms. The fourth-order valence-electron chi connectivity index (χ4n) is 7.99. The van der Waals surface area contributed by atoms with Crippen LogP contribution in [0.4, 0.5) is 10.5 Å². The Morgan fingerprint density at radius 1 is 1.10 bits per heavy atom. The Morgan fingerprint density at radius 3 is 2.45 bits per heavy atom. The molecular formula is C36H57BN6O6. The van der Waals surface area contributed by atoms with Crippen LogP contribution in [0.3, 0.4) is 0 Å². The van der Waals surface area contributed by atoms with Crippen LogP contribution in [0.15, 0.2) is 30.5 Å². The van der Waals surface area contributed by atoms with Crippen molar-refractivity contribution in [1.29, 1.82) is 0 Å². The summed E-state index contributed by atoms with van der Waals surface area (Å²) in [5.74, 6) is -2.09. The number of hydrogen-bond donors (Lipinski definition) is 1. The number of likely N-dealkylation sites (N-methyl/N-ethyl adjacent to an activating group) is 1. The highest BCUT2D eigenvalue weighted by Gasteiger charge is 2.59. The lowest BCUT2D eigenvalue weighted by Crippen LogP contribution is -2.61. The maximum absolute atomic E-state index is 13.7. The number of cyclic esters (lactones) is 1. The smallest absolute Gasteiger partial charge is 0.410 e. The number of ketones is 1. The third-order valence-electron chi connectivity index (χ3n) is 11.4. The summed E-state index contributed by atoms with van der Waals surface area (Å²) in [6, 6.07) is 6.98. The monoisotopic (exact) mass is 680 g/mol. The van der Waals surface area contributed by atoms with Gasteiger partial charge in [-0.05, 0) is 84.3 Å². The fourth-order valence-corrected chi connectivity index (χ4v) is 7.99. The van der Waals surface area contributed by atoms with Crippen molar-refractivity contribution in [2.75, 3.05) is 33.0 Å². The maximum atomic E-state index is 13.7. The van der Waals surface area contributed by atoms with Gasteiger partial charge in [0.15, 0.2) is 5.60 Å². The van der Waals surface area contributed by atoms with Crippen LogP contribution in [0.2, 0.25) is 5.82 Å². The molecule has 2 N–H and O–H groups in total. The summed E-state index contributed by atoms with van der Waals surface area (Å²) in [5.41, 5.74) is 6.54. The molecule has 0 bridgehead atoms. The van der Waals surface area contributed by atoms with Gasteiger partial charge in [0.05, 0.1) is 17.8 Å². The molecule has 0 spiro atoms. The van der Waals surface area contributed by atoms with Crippen molar-refractivity contribution < 1.29 is 28.6 Å². The second-order valence-corrected chi connectivity index (χ2v) is 14.9. The number of nitrogen functional groups attached to an aromatic ring is 1. The summed E-state index contributed by atoms with van der Waals surface area (Å²) < 4.78 is 20.2. The zero-order valence-electron chi connectivity index (χ0n) is 31.1. The molecule has 2 fully saturated rings. The second kappa shape index (κ2) is 15.6. The highest BCUT2D eigenvalue weighted by molar-refractivity contribution is 6.15. The Labute approximate surface area is 292 Å². The van der Waals surface area contributed by atoms with Gasteiger partial charge in [-0.3, -0.25) is 19.2 Å². The van der Waals surface area contributed by atoms with E-state index in [2.05, 4.69) is 43.0 Å². The third kappa shape index (κ3) is 8.14. The Balaban J connectivity index is 1.58. The number of aromatic nitrogens is 3. The first kappa shape index (κ1) is 38.4. The lowest BCUT2D eigenvalue weighted by molar-refractivity contribution is -0.171. The van der Waals surface area contributed by atoms with Crippen LogP contribution in [0, 0.1) is 17.8 Å². The van der Waals surface area contributed by atoms with Crippen molar-refractivity contribution in [3.05, 3.63) is 30.5 Å². The van der Waals surface area contributed by atoms with Gasteiger partial charge < -0.3 is 24.8 Å². The topological polar surface area (TPSA) is 142 Å². The molecule has 3 heterocycles. The Hall–Kier alpha value is -3.45. The number of benzene rings is 1. The maximum Gasteiger partial charge on any atom is 0.410 e. The summed E-state index contributed by atoms with van der Waals surface area (Å²) in [6.07, 6.45) is 3.32. The molecule has 2 aromatic rings. The van der Waals surface area contributed by atoms with Crippen LogP contribution in [0.1, 0.15) is 74.1 Å². The number of esters is 1. The van der Waals surface area contributed by atoms with E-state index in [1.807, 2.05) is 59.1 Å². The van der Waals surface area contributed by atoms with Gasteiger partial charge in [0, 0.05) is 50.0 Å². The zero-order valence-corrected chi connectivity index (χ0v) is 31.1. The lowest BCUT2D eigenvalue weighted by Gasteiger charge is -2.44. The number of unbranched alkanes of at least 4 members (excludes halogenated alkanes) is 1. The number of nitrogens with two attached hydrogens (primary N) is 1. The number of fused-ring (bicyclic) bond motifs is 1. The van der Waals surface area contributed by atoms with E-state index < -0.39 is 47.2 Å². The van der Waals surface area contributed by atoms with Crippen LogP contribution in [-0.2, 0) is 30.3 Å². The van der Waals surface area contributed by atoms with Crippen LogP contribution < -0.4 is 5.73 Å². The molecule has 0 radical (unpaired) electrons. The average Bonchev–Trinajstić information content (AvgIpc) is 3.64. The molecule has 4 rings (SSSR count). The van der Waals surface area contributed by atoms with Crippen molar-refractivity contribution >= 4 is 31.4 Å². The van der Waals surface area contributed by atoms with Crippen molar-refractivity contribution in [2.24, 2.45) is 17.8 Å². The van der Waals surface area contributed by atoms with Gasteiger partial charge in [0.25, 0.3) is 0 Å². The largest absolute Gasteiger partial charge is 0.458 e. The van der Waals surface area contributed by atoms with E-state index in [4.69, 9.17) is 19.9 Å². The molecule has 9 atom stereocenters. The molecule has 1 aromatic carbocycles. The number of rotatable bonds is 8. The first-order valence-electron chi connectivity index (χ1n) is 17.8. The van der Waals surface area contributed by atoms with Crippen LogP contribution >= 0.6 is 0 Å².